The summed E-state index contributed by atoms with van der Waals surface area (Å²) in [4.78, 5) is 17.0. The summed E-state index contributed by atoms with van der Waals surface area (Å²) in [6.45, 7) is 0. The molecule has 0 saturated heterocycles. The first-order valence-electron chi connectivity index (χ1n) is 9.60. The van der Waals surface area contributed by atoms with Crippen LogP contribution >= 0.6 is 0 Å². The average Bonchev–Trinajstić information content (AvgIpc) is 2.78. The summed E-state index contributed by atoms with van der Waals surface area (Å²) >= 11 is 0. The average molecular weight is 382 g/mol. The molecule has 144 valence electrons. The number of aromatic nitrogens is 1. The molecule has 0 aliphatic heterocycles. The van der Waals surface area contributed by atoms with Crippen LogP contribution in [0.5, 0.6) is 5.75 Å². The van der Waals surface area contributed by atoms with E-state index in [9.17, 15) is 4.79 Å². The van der Waals surface area contributed by atoms with Gasteiger partial charge in [0.2, 0.25) is 5.91 Å². The molecule has 29 heavy (non-hydrogen) atoms. The van der Waals surface area contributed by atoms with Crippen LogP contribution in [0.4, 0.5) is 5.69 Å². The fourth-order valence-electron chi connectivity index (χ4n) is 3.22. The van der Waals surface area contributed by atoms with Crippen LogP contribution in [-0.2, 0) is 11.2 Å². The minimum absolute atomic E-state index is 0.00241. The van der Waals surface area contributed by atoms with E-state index in [-0.39, 0.29) is 5.91 Å². The van der Waals surface area contributed by atoms with Crippen molar-refractivity contribution in [2.24, 2.45) is 0 Å². The molecule has 4 rings (SSSR count). The first-order chi connectivity index (χ1) is 14.2. The predicted octanol–water partition coefficient (Wildman–Crippen LogP) is 5.48. The molecule has 0 aliphatic carbocycles. The second kappa shape index (κ2) is 8.57. The predicted molar refractivity (Wildman–Crippen MR) is 117 cm³/mol. The van der Waals surface area contributed by atoms with Gasteiger partial charge in [0.1, 0.15) is 5.75 Å². The van der Waals surface area contributed by atoms with Gasteiger partial charge in [-0.3, -0.25) is 4.79 Å². The number of nitrogens with one attached hydrogen (secondary N) is 1. The summed E-state index contributed by atoms with van der Waals surface area (Å²) in [5.41, 5.74) is 4.81. The molecule has 0 radical (unpaired) electrons. The van der Waals surface area contributed by atoms with Gasteiger partial charge in [0, 0.05) is 23.1 Å². The van der Waals surface area contributed by atoms with Gasteiger partial charge in [-0.05, 0) is 48.4 Å². The number of pyridine rings is 1. The van der Waals surface area contributed by atoms with E-state index in [1.165, 1.54) is 0 Å². The number of fused-ring (bicyclic) bond motifs is 1. The van der Waals surface area contributed by atoms with Crippen molar-refractivity contribution in [1.29, 1.82) is 0 Å². The molecule has 0 unspecified atom stereocenters. The van der Waals surface area contributed by atoms with Crippen molar-refractivity contribution < 1.29 is 9.53 Å². The van der Waals surface area contributed by atoms with E-state index in [0.717, 1.165) is 39.2 Å². The topological polar surface area (TPSA) is 51.2 Å². The maximum absolute atomic E-state index is 12.3. The van der Waals surface area contributed by atoms with Crippen molar-refractivity contribution in [3.8, 4) is 17.0 Å². The van der Waals surface area contributed by atoms with Gasteiger partial charge in [0.15, 0.2) is 0 Å². The molecule has 0 bridgehead atoms. The minimum atomic E-state index is -0.00241. The minimum Gasteiger partial charge on any atom is -0.497 e. The normalized spacial score (nSPS) is 10.7. The number of methoxy groups -OCH3 is 1. The number of carbonyl (C=O) groups is 1. The number of nitrogens with zero attached hydrogens (tertiary/aromatic N) is 1. The Bertz CT molecular complexity index is 1120. The van der Waals surface area contributed by atoms with Crippen LogP contribution in [0.25, 0.3) is 22.2 Å². The van der Waals surface area contributed by atoms with Crippen molar-refractivity contribution in [3.63, 3.8) is 0 Å². The van der Waals surface area contributed by atoms with Crippen LogP contribution in [0.15, 0.2) is 84.9 Å². The molecular formula is C25H22N2O2. The van der Waals surface area contributed by atoms with Crippen LogP contribution in [0.2, 0.25) is 0 Å². The first kappa shape index (κ1) is 18.7. The third kappa shape index (κ3) is 4.61. The Kier molecular flexibility index (Phi) is 5.52. The highest BCUT2D eigenvalue weighted by Crippen LogP contribution is 2.23. The summed E-state index contributed by atoms with van der Waals surface area (Å²) < 4.78 is 5.15. The first-order valence-corrected chi connectivity index (χ1v) is 9.60. The Morgan fingerprint density at radius 1 is 0.897 bits per heavy atom. The Morgan fingerprint density at radius 3 is 2.41 bits per heavy atom. The Morgan fingerprint density at radius 2 is 1.66 bits per heavy atom. The maximum atomic E-state index is 12.3. The van der Waals surface area contributed by atoms with Crippen LogP contribution in [-0.4, -0.2) is 18.0 Å². The van der Waals surface area contributed by atoms with Gasteiger partial charge in [-0.15, -0.1) is 0 Å². The fourth-order valence-corrected chi connectivity index (χ4v) is 3.22. The van der Waals surface area contributed by atoms with E-state index in [1.807, 2.05) is 72.8 Å². The van der Waals surface area contributed by atoms with E-state index in [2.05, 4.69) is 17.4 Å². The lowest BCUT2D eigenvalue weighted by Crippen LogP contribution is -2.12. The van der Waals surface area contributed by atoms with Gasteiger partial charge in [-0.1, -0.05) is 48.5 Å². The largest absolute Gasteiger partial charge is 0.497 e. The molecule has 3 aromatic carbocycles. The van der Waals surface area contributed by atoms with Gasteiger partial charge in [-0.25, -0.2) is 4.98 Å². The number of aryl methyl sites for hydroxylation is 1. The zero-order chi connectivity index (χ0) is 20.1. The lowest BCUT2D eigenvalue weighted by molar-refractivity contribution is -0.116. The molecule has 0 atom stereocenters. The summed E-state index contributed by atoms with van der Waals surface area (Å²) in [6.07, 6.45) is 1.12. The van der Waals surface area contributed by atoms with E-state index in [1.54, 1.807) is 7.11 Å². The molecule has 0 aliphatic rings. The lowest BCUT2D eigenvalue weighted by Gasteiger charge is -2.08. The van der Waals surface area contributed by atoms with Crippen LogP contribution in [0.1, 0.15) is 12.0 Å². The number of carbonyl (C=O) groups excluding carboxylic acids is 1. The second-order valence-corrected chi connectivity index (χ2v) is 6.86. The Hall–Kier alpha value is -3.66. The number of anilines is 1. The number of amides is 1. The Labute approximate surface area is 170 Å². The molecule has 1 aromatic heterocycles. The smallest absolute Gasteiger partial charge is 0.224 e. The molecule has 0 saturated carbocycles. The van der Waals surface area contributed by atoms with Crippen molar-refractivity contribution in [2.45, 2.75) is 12.8 Å². The van der Waals surface area contributed by atoms with Gasteiger partial charge in [-0.2, -0.15) is 0 Å². The number of ether oxygens (including phenoxy) is 1. The SMILES string of the molecule is COc1ccc(CCC(=O)Nc2ccc(-c3ccc4ccccc4n3)cc2)cc1. The molecule has 1 heterocycles. The standard InChI is InChI=1S/C25H22N2O2/c1-29-22-14-6-18(7-15-22)8-17-25(28)26-21-12-9-20(10-13-21)24-16-11-19-4-2-3-5-23(19)27-24/h2-7,9-16H,8,17H2,1H3,(H,26,28). The highest BCUT2D eigenvalue weighted by Gasteiger charge is 2.06. The van der Waals surface area contributed by atoms with E-state index in [4.69, 9.17) is 9.72 Å². The quantitative estimate of drug-likeness (QED) is 0.480. The molecule has 4 aromatic rings. The highest BCUT2D eigenvalue weighted by molar-refractivity contribution is 5.91. The molecule has 4 heteroatoms. The van der Waals surface area contributed by atoms with E-state index < -0.39 is 0 Å². The summed E-state index contributed by atoms with van der Waals surface area (Å²) in [5.74, 6) is 0.816. The van der Waals surface area contributed by atoms with E-state index >= 15 is 0 Å². The van der Waals surface area contributed by atoms with Crippen molar-refractivity contribution in [3.05, 3.63) is 90.5 Å². The lowest BCUT2D eigenvalue weighted by atomic mass is 10.1. The summed E-state index contributed by atoms with van der Waals surface area (Å²) in [7, 11) is 1.64. The summed E-state index contributed by atoms with van der Waals surface area (Å²) in [6, 6.07) is 27.7. The number of benzene rings is 3. The van der Waals surface area contributed by atoms with Gasteiger partial charge in [0.25, 0.3) is 0 Å². The monoisotopic (exact) mass is 382 g/mol. The van der Waals surface area contributed by atoms with Gasteiger partial charge >= 0.3 is 0 Å². The molecule has 4 nitrogen and oxygen atoms in total. The summed E-state index contributed by atoms with van der Waals surface area (Å²) in [5, 5.41) is 4.08. The van der Waals surface area contributed by atoms with Crippen molar-refractivity contribution in [2.75, 3.05) is 12.4 Å². The molecular weight excluding hydrogens is 360 g/mol. The number of rotatable bonds is 6. The number of hydrogen-bond acceptors (Lipinski definition) is 3. The third-order valence-electron chi connectivity index (χ3n) is 4.86. The maximum Gasteiger partial charge on any atom is 0.224 e. The van der Waals surface area contributed by atoms with Gasteiger partial charge < -0.3 is 10.1 Å². The zero-order valence-corrected chi connectivity index (χ0v) is 16.3. The van der Waals surface area contributed by atoms with Crippen LogP contribution in [0, 0.1) is 0 Å². The zero-order valence-electron chi connectivity index (χ0n) is 16.3. The van der Waals surface area contributed by atoms with Crippen LogP contribution in [0.3, 0.4) is 0 Å². The van der Waals surface area contributed by atoms with Crippen molar-refractivity contribution in [1.82, 2.24) is 4.98 Å². The molecule has 1 N–H and O–H groups in total. The van der Waals surface area contributed by atoms with Crippen LogP contribution < -0.4 is 10.1 Å². The highest BCUT2D eigenvalue weighted by atomic mass is 16.5. The Balaban J connectivity index is 1.37. The number of para-hydroxylation sites is 1. The molecule has 0 fully saturated rings. The molecule has 1 amide bonds. The second-order valence-electron chi connectivity index (χ2n) is 6.86. The van der Waals surface area contributed by atoms with Crippen molar-refractivity contribution >= 4 is 22.5 Å². The third-order valence-corrected chi connectivity index (χ3v) is 4.86. The fraction of sp³-hybridized carbons (Fsp3) is 0.120. The molecule has 0 spiro atoms. The number of hydrogen-bond donors (Lipinski definition) is 1. The van der Waals surface area contributed by atoms with Gasteiger partial charge in [0.05, 0.1) is 18.3 Å². The van der Waals surface area contributed by atoms with E-state index in [0.29, 0.717) is 12.8 Å².